The highest BCUT2D eigenvalue weighted by Crippen LogP contribution is 2.33. The van der Waals surface area contributed by atoms with Gasteiger partial charge >= 0.3 is 6.18 Å². The number of nitrogens with one attached hydrogen (secondary N) is 1. The first-order valence-corrected chi connectivity index (χ1v) is 6.95. The van der Waals surface area contributed by atoms with Gasteiger partial charge in [0.1, 0.15) is 0 Å². The molecule has 21 heavy (non-hydrogen) atoms. The van der Waals surface area contributed by atoms with Crippen molar-refractivity contribution in [2.45, 2.75) is 19.0 Å². The van der Waals surface area contributed by atoms with E-state index in [1.54, 1.807) is 6.07 Å². The molecule has 114 valence electrons. The topological polar surface area (TPSA) is 39.1 Å². The van der Waals surface area contributed by atoms with E-state index in [4.69, 9.17) is 5.26 Å². The van der Waals surface area contributed by atoms with Gasteiger partial charge in [-0.15, -0.1) is 0 Å². The monoisotopic (exact) mass is 297 g/mol. The highest BCUT2D eigenvalue weighted by Gasteiger charge is 2.33. The molecule has 0 aliphatic carbocycles. The summed E-state index contributed by atoms with van der Waals surface area (Å²) < 4.78 is 38.3. The van der Waals surface area contributed by atoms with E-state index < -0.39 is 11.7 Å². The van der Waals surface area contributed by atoms with Crippen LogP contribution < -0.4 is 10.2 Å². The van der Waals surface area contributed by atoms with Crippen molar-refractivity contribution in [1.82, 2.24) is 5.32 Å². The lowest BCUT2D eigenvalue weighted by Crippen LogP contribution is -2.36. The standard InChI is InChI=1S/C15H18F3N3/c1-21(10-11-3-2-6-20-9-11)13-4-5-14(15(16,17)18)12(7-13)8-19/h4-5,7,11,20H,2-3,6,9-10H2,1H3. The van der Waals surface area contributed by atoms with Crippen molar-refractivity contribution in [3.05, 3.63) is 29.3 Å². The Morgan fingerprint density at radius 2 is 2.19 bits per heavy atom. The molecule has 0 bridgehead atoms. The fraction of sp³-hybridized carbons (Fsp3) is 0.533. The van der Waals surface area contributed by atoms with E-state index in [0.29, 0.717) is 11.6 Å². The van der Waals surface area contributed by atoms with Gasteiger partial charge in [-0.2, -0.15) is 18.4 Å². The zero-order chi connectivity index (χ0) is 15.5. The molecule has 1 fully saturated rings. The van der Waals surface area contributed by atoms with E-state index in [9.17, 15) is 13.2 Å². The van der Waals surface area contributed by atoms with E-state index in [2.05, 4.69) is 5.32 Å². The zero-order valence-corrected chi connectivity index (χ0v) is 11.9. The molecule has 1 saturated heterocycles. The van der Waals surface area contributed by atoms with Crippen LogP contribution in [-0.4, -0.2) is 26.7 Å². The molecule has 1 atom stereocenters. The van der Waals surface area contributed by atoms with Gasteiger partial charge in [0.05, 0.1) is 17.2 Å². The molecule has 1 N–H and O–H groups in total. The van der Waals surface area contributed by atoms with Gasteiger partial charge in [0.15, 0.2) is 0 Å². The lowest BCUT2D eigenvalue weighted by Gasteiger charge is -2.29. The lowest BCUT2D eigenvalue weighted by molar-refractivity contribution is -0.137. The van der Waals surface area contributed by atoms with E-state index in [1.807, 2.05) is 11.9 Å². The SMILES string of the molecule is CN(CC1CCCNC1)c1ccc(C(F)(F)F)c(C#N)c1. The number of hydrogen-bond acceptors (Lipinski definition) is 3. The van der Waals surface area contributed by atoms with Crippen LogP contribution in [0, 0.1) is 17.2 Å². The maximum atomic E-state index is 12.8. The molecule has 6 heteroatoms. The molecule has 1 aromatic carbocycles. The molecule has 1 aliphatic rings. The number of nitrogens with zero attached hydrogens (tertiary/aromatic N) is 2. The van der Waals surface area contributed by atoms with Gasteiger partial charge in [0.2, 0.25) is 0 Å². The van der Waals surface area contributed by atoms with Crippen LogP contribution in [0.3, 0.4) is 0 Å². The number of rotatable bonds is 3. The summed E-state index contributed by atoms with van der Waals surface area (Å²) in [6.07, 6.45) is -2.26. The van der Waals surface area contributed by atoms with Crippen molar-refractivity contribution >= 4 is 5.69 Å². The van der Waals surface area contributed by atoms with Crippen molar-refractivity contribution in [2.24, 2.45) is 5.92 Å². The van der Waals surface area contributed by atoms with Crippen molar-refractivity contribution in [3.8, 4) is 6.07 Å². The van der Waals surface area contributed by atoms with Crippen LogP contribution in [0.2, 0.25) is 0 Å². The van der Waals surface area contributed by atoms with Crippen LogP contribution in [0.25, 0.3) is 0 Å². The fourth-order valence-electron chi connectivity index (χ4n) is 2.68. The molecule has 0 saturated carbocycles. The Balaban J connectivity index is 2.14. The van der Waals surface area contributed by atoms with Gasteiger partial charge in [-0.05, 0) is 50.0 Å². The maximum absolute atomic E-state index is 12.8. The third-order valence-electron chi connectivity index (χ3n) is 3.80. The largest absolute Gasteiger partial charge is 0.417 e. The third kappa shape index (κ3) is 3.88. The smallest absolute Gasteiger partial charge is 0.374 e. The first kappa shape index (κ1) is 15.6. The highest BCUT2D eigenvalue weighted by atomic mass is 19.4. The molecule has 1 aromatic rings. The predicted molar refractivity (Wildman–Crippen MR) is 75.0 cm³/mol. The normalized spacial score (nSPS) is 19.1. The van der Waals surface area contributed by atoms with Gasteiger partial charge in [-0.1, -0.05) is 0 Å². The van der Waals surface area contributed by atoms with E-state index in [-0.39, 0.29) is 5.56 Å². The van der Waals surface area contributed by atoms with Gasteiger partial charge in [0.25, 0.3) is 0 Å². The van der Waals surface area contributed by atoms with Crippen LogP contribution in [-0.2, 0) is 6.18 Å². The molecule has 1 heterocycles. The average Bonchev–Trinajstić information content (AvgIpc) is 2.46. The Kier molecular flexibility index (Phi) is 4.73. The summed E-state index contributed by atoms with van der Waals surface area (Å²) in [7, 11) is 1.85. The van der Waals surface area contributed by atoms with Crippen LogP contribution in [0.5, 0.6) is 0 Å². The molecule has 0 amide bonds. The molecule has 1 aliphatic heterocycles. The van der Waals surface area contributed by atoms with Gasteiger partial charge in [-0.3, -0.25) is 0 Å². The second-order valence-electron chi connectivity index (χ2n) is 5.43. The van der Waals surface area contributed by atoms with Crippen molar-refractivity contribution in [1.29, 1.82) is 5.26 Å². The van der Waals surface area contributed by atoms with Crippen molar-refractivity contribution < 1.29 is 13.2 Å². The van der Waals surface area contributed by atoms with E-state index in [0.717, 1.165) is 38.5 Å². The number of benzene rings is 1. The number of nitriles is 1. The fourth-order valence-corrected chi connectivity index (χ4v) is 2.68. The molecule has 0 spiro atoms. The lowest BCUT2D eigenvalue weighted by atomic mass is 9.98. The minimum absolute atomic E-state index is 0.325. The van der Waals surface area contributed by atoms with Gasteiger partial charge in [-0.25, -0.2) is 0 Å². The highest BCUT2D eigenvalue weighted by molar-refractivity contribution is 5.55. The minimum atomic E-state index is -4.49. The predicted octanol–water partition coefficient (Wildman–Crippen LogP) is 3.01. The minimum Gasteiger partial charge on any atom is -0.374 e. The Bertz CT molecular complexity index is 528. The van der Waals surface area contributed by atoms with E-state index >= 15 is 0 Å². The van der Waals surface area contributed by atoms with Crippen molar-refractivity contribution in [2.75, 3.05) is 31.6 Å². The van der Waals surface area contributed by atoms with Crippen LogP contribution in [0.15, 0.2) is 18.2 Å². The molecule has 1 unspecified atom stereocenters. The molecule has 0 radical (unpaired) electrons. The summed E-state index contributed by atoms with van der Waals surface area (Å²) >= 11 is 0. The quantitative estimate of drug-likeness (QED) is 0.932. The van der Waals surface area contributed by atoms with Crippen LogP contribution >= 0.6 is 0 Å². The summed E-state index contributed by atoms with van der Waals surface area (Å²) in [5, 5.41) is 12.2. The van der Waals surface area contributed by atoms with Crippen LogP contribution in [0.4, 0.5) is 18.9 Å². The summed E-state index contributed by atoms with van der Waals surface area (Å²) in [6.45, 7) is 2.72. The first-order chi connectivity index (χ1) is 9.91. The average molecular weight is 297 g/mol. The second kappa shape index (κ2) is 6.35. The van der Waals surface area contributed by atoms with E-state index in [1.165, 1.54) is 12.1 Å². The Morgan fingerprint density at radius 1 is 1.43 bits per heavy atom. The van der Waals surface area contributed by atoms with Crippen LogP contribution in [0.1, 0.15) is 24.0 Å². The molecule has 3 nitrogen and oxygen atoms in total. The first-order valence-electron chi connectivity index (χ1n) is 6.95. The van der Waals surface area contributed by atoms with Gasteiger partial charge in [0, 0.05) is 19.3 Å². The van der Waals surface area contributed by atoms with Gasteiger partial charge < -0.3 is 10.2 Å². The summed E-state index contributed by atoms with van der Waals surface area (Å²) in [6, 6.07) is 5.38. The number of hydrogen-bond donors (Lipinski definition) is 1. The van der Waals surface area contributed by atoms with Crippen molar-refractivity contribution in [3.63, 3.8) is 0 Å². The Morgan fingerprint density at radius 3 is 2.76 bits per heavy atom. The zero-order valence-electron chi connectivity index (χ0n) is 11.9. The Labute approximate surface area is 122 Å². The molecular weight excluding hydrogens is 279 g/mol. The third-order valence-corrected chi connectivity index (χ3v) is 3.80. The molecule has 2 rings (SSSR count). The molecular formula is C15H18F3N3. The number of halogens is 3. The maximum Gasteiger partial charge on any atom is 0.417 e. The summed E-state index contributed by atoms with van der Waals surface area (Å²) in [5.74, 6) is 0.483. The molecule has 0 aromatic heterocycles. The number of anilines is 1. The number of alkyl halides is 3. The number of piperidine rings is 1. The summed E-state index contributed by atoms with van der Waals surface area (Å²) in [4.78, 5) is 1.92. The summed E-state index contributed by atoms with van der Waals surface area (Å²) in [5.41, 5.74) is -0.555. The second-order valence-corrected chi connectivity index (χ2v) is 5.43. The Hall–Kier alpha value is -1.74.